The third-order valence-electron chi connectivity index (χ3n) is 4.37. The van der Waals surface area contributed by atoms with Gasteiger partial charge in [-0.1, -0.05) is 0 Å². The summed E-state index contributed by atoms with van der Waals surface area (Å²) in [4.78, 5) is 15.4. The average Bonchev–Trinajstić information content (AvgIpc) is 2.94. The Balaban J connectivity index is 1.70. The molecule has 0 aromatic carbocycles. The summed E-state index contributed by atoms with van der Waals surface area (Å²) in [6.07, 6.45) is 7.77. The summed E-state index contributed by atoms with van der Waals surface area (Å²) >= 11 is 0. The number of piperidine rings is 1. The van der Waals surface area contributed by atoms with E-state index in [-0.39, 0.29) is 0 Å². The van der Waals surface area contributed by atoms with Gasteiger partial charge in [0.1, 0.15) is 12.1 Å². The molecule has 2 saturated heterocycles. The van der Waals surface area contributed by atoms with Gasteiger partial charge in [0.05, 0.1) is 11.7 Å². The number of nitrogens with zero attached hydrogens (tertiary/aromatic N) is 4. The van der Waals surface area contributed by atoms with Crippen molar-refractivity contribution in [1.82, 2.24) is 20.3 Å². The molecule has 4 heterocycles. The van der Waals surface area contributed by atoms with Crippen LogP contribution < -0.4 is 10.2 Å². The number of fused-ring (bicyclic) bond motifs is 2. The fourth-order valence-electron chi connectivity index (χ4n) is 3.39. The maximum absolute atomic E-state index is 4.51. The van der Waals surface area contributed by atoms with E-state index in [9.17, 15) is 0 Å². The van der Waals surface area contributed by atoms with Crippen molar-refractivity contribution in [3.8, 4) is 0 Å². The van der Waals surface area contributed by atoms with Crippen LogP contribution in [-0.4, -0.2) is 40.6 Å². The number of aromatic nitrogens is 3. The third-order valence-corrected chi connectivity index (χ3v) is 4.37. The third kappa shape index (κ3) is 1.85. The van der Waals surface area contributed by atoms with E-state index in [1.165, 1.54) is 12.8 Å². The first-order valence-corrected chi connectivity index (χ1v) is 6.95. The molecule has 0 radical (unpaired) electrons. The monoisotopic (exact) mass is 255 g/mol. The Kier molecular flexibility index (Phi) is 2.58. The van der Waals surface area contributed by atoms with Crippen LogP contribution in [0.25, 0.3) is 10.9 Å². The SMILES string of the molecule is c1cc2c(N3CCC4NCC[C@H]4C3)ncnc2cn1. The zero-order chi connectivity index (χ0) is 12.7. The van der Waals surface area contributed by atoms with E-state index < -0.39 is 0 Å². The van der Waals surface area contributed by atoms with Gasteiger partial charge in [0.15, 0.2) is 0 Å². The zero-order valence-electron chi connectivity index (χ0n) is 10.8. The topological polar surface area (TPSA) is 53.9 Å². The van der Waals surface area contributed by atoms with Crippen molar-refractivity contribution in [2.45, 2.75) is 18.9 Å². The standard InChI is InChI=1S/C14H17N5/c1-5-16-12-3-6-19(8-10(1)12)14-11-2-4-15-7-13(11)17-9-18-14/h2,4,7,9-10,12,16H,1,3,5-6,8H2/t10-,12?/m0/s1. The highest BCUT2D eigenvalue weighted by Gasteiger charge is 2.33. The fraction of sp³-hybridized carbons (Fsp3) is 0.500. The molecule has 0 aliphatic carbocycles. The lowest BCUT2D eigenvalue weighted by molar-refractivity contribution is 0.375. The summed E-state index contributed by atoms with van der Waals surface area (Å²) in [5.74, 6) is 1.83. The lowest BCUT2D eigenvalue weighted by Gasteiger charge is -2.35. The highest BCUT2D eigenvalue weighted by Crippen LogP contribution is 2.30. The zero-order valence-corrected chi connectivity index (χ0v) is 10.8. The summed E-state index contributed by atoms with van der Waals surface area (Å²) < 4.78 is 0. The number of hydrogen-bond acceptors (Lipinski definition) is 5. The van der Waals surface area contributed by atoms with E-state index in [1.54, 1.807) is 6.33 Å². The maximum atomic E-state index is 4.51. The first-order valence-electron chi connectivity index (χ1n) is 6.95. The Morgan fingerprint density at radius 3 is 3.26 bits per heavy atom. The van der Waals surface area contributed by atoms with Crippen LogP contribution in [0.1, 0.15) is 12.8 Å². The second-order valence-electron chi connectivity index (χ2n) is 5.43. The van der Waals surface area contributed by atoms with Gasteiger partial charge in [-0.25, -0.2) is 9.97 Å². The Morgan fingerprint density at radius 2 is 2.26 bits per heavy atom. The van der Waals surface area contributed by atoms with Gasteiger partial charge >= 0.3 is 0 Å². The lowest BCUT2D eigenvalue weighted by atomic mass is 9.93. The van der Waals surface area contributed by atoms with E-state index in [1.807, 2.05) is 18.5 Å². The van der Waals surface area contributed by atoms with Gasteiger partial charge in [-0.2, -0.15) is 0 Å². The molecule has 0 saturated carbocycles. The average molecular weight is 255 g/mol. The second-order valence-corrected chi connectivity index (χ2v) is 5.43. The Bertz CT molecular complexity index is 594. The Morgan fingerprint density at radius 1 is 1.26 bits per heavy atom. The van der Waals surface area contributed by atoms with Crippen LogP contribution in [0, 0.1) is 5.92 Å². The number of anilines is 1. The largest absolute Gasteiger partial charge is 0.356 e. The molecule has 2 fully saturated rings. The van der Waals surface area contributed by atoms with Gasteiger partial charge in [-0.05, 0) is 31.4 Å². The molecule has 1 N–H and O–H groups in total. The first kappa shape index (κ1) is 11.1. The highest BCUT2D eigenvalue weighted by atomic mass is 15.2. The molecule has 98 valence electrons. The predicted molar refractivity (Wildman–Crippen MR) is 74.1 cm³/mol. The van der Waals surface area contributed by atoms with Gasteiger partial charge in [0.25, 0.3) is 0 Å². The highest BCUT2D eigenvalue weighted by molar-refractivity contribution is 5.88. The lowest BCUT2D eigenvalue weighted by Crippen LogP contribution is -2.44. The van der Waals surface area contributed by atoms with E-state index in [0.29, 0.717) is 6.04 Å². The summed E-state index contributed by atoms with van der Waals surface area (Å²) in [6.45, 7) is 3.34. The molecule has 5 nitrogen and oxygen atoms in total. The Labute approximate surface area is 112 Å². The van der Waals surface area contributed by atoms with Gasteiger partial charge in [0, 0.05) is 30.7 Å². The van der Waals surface area contributed by atoms with Crippen LogP contribution in [0.2, 0.25) is 0 Å². The minimum Gasteiger partial charge on any atom is -0.356 e. The van der Waals surface area contributed by atoms with Crippen LogP contribution >= 0.6 is 0 Å². The van der Waals surface area contributed by atoms with Crippen LogP contribution in [-0.2, 0) is 0 Å². The molecule has 4 rings (SSSR count). The summed E-state index contributed by atoms with van der Waals surface area (Å²) in [5.41, 5.74) is 0.930. The normalized spacial score (nSPS) is 26.6. The Hall–Kier alpha value is -1.75. The number of hydrogen-bond donors (Lipinski definition) is 1. The van der Waals surface area contributed by atoms with Gasteiger partial charge in [0.2, 0.25) is 0 Å². The van der Waals surface area contributed by atoms with Crippen molar-refractivity contribution in [3.05, 3.63) is 24.8 Å². The minimum atomic E-state index is 0.714. The van der Waals surface area contributed by atoms with Crippen molar-refractivity contribution in [2.75, 3.05) is 24.5 Å². The molecule has 1 unspecified atom stereocenters. The van der Waals surface area contributed by atoms with E-state index in [0.717, 1.165) is 42.3 Å². The minimum absolute atomic E-state index is 0.714. The molecule has 2 aromatic heterocycles. The van der Waals surface area contributed by atoms with Crippen LogP contribution in [0.5, 0.6) is 0 Å². The molecular weight excluding hydrogens is 238 g/mol. The van der Waals surface area contributed by atoms with Crippen molar-refractivity contribution < 1.29 is 0 Å². The molecule has 2 aliphatic rings. The number of nitrogens with one attached hydrogen (secondary N) is 1. The van der Waals surface area contributed by atoms with Crippen molar-refractivity contribution in [1.29, 1.82) is 0 Å². The predicted octanol–water partition coefficient (Wildman–Crippen LogP) is 1.21. The molecule has 0 bridgehead atoms. The first-order chi connectivity index (χ1) is 9.42. The van der Waals surface area contributed by atoms with Gasteiger partial charge in [-0.3, -0.25) is 4.98 Å². The van der Waals surface area contributed by atoms with Gasteiger partial charge < -0.3 is 10.2 Å². The van der Waals surface area contributed by atoms with Crippen LogP contribution in [0.3, 0.4) is 0 Å². The summed E-state index contributed by atoms with van der Waals surface area (Å²) in [6, 6.07) is 2.73. The van der Waals surface area contributed by atoms with Crippen LogP contribution in [0.15, 0.2) is 24.8 Å². The van der Waals surface area contributed by atoms with Crippen molar-refractivity contribution >= 4 is 16.7 Å². The summed E-state index contributed by atoms with van der Waals surface area (Å²) in [5, 5.41) is 4.71. The molecule has 5 heteroatoms. The molecule has 0 amide bonds. The summed E-state index contributed by atoms with van der Waals surface area (Å²) in [7, 11) is 0. The van der Waals surface area contributed by atoms with E-state index in [2.05, 4.69) is 25.2 Å². The fourth-order valence-corrected chi connectivity index (χ4v) is 3.39. The molecule has 2 aliphatic heterocycles. The van der Waals surface area contributed by atoms with Crippen molar-refractivity contribution in [2.24, 2.45) is 5.92 Å². The van der Waals surface area contributed by atoms with Crippen molar-refractivity contribution in [3.63, 3.8) is 0 Å². The van der Waals surface area contributed by atoms with Gasteiger partial charge in [-0.15, -0.1) is 0 Å². The molecule has 2 aromatic rings. The number of rotatable bonds is 1. The maximum Gasteiger partial charge on any atom is 0.140 e. The number of pyridine rings is 1. The smallest absolute Gasteiger partial charge is 0.140 e. The second kappa shape index (κ2) is 4.42. The van der Waals surface area contributed by atoms with Crippen LogP contribution in [0.4, 0.5) is 5.82 Å². The molecular formula is C14H17N5. The quantitative estimate of drug-likeness (QED) is 0.830. The van der Waals surface area contributed by atoms with E-state index >= 15 is 0 Å². The molecule has 0 spiro atoms. The molecule has 19 heavy (non-hydrogen) atoms. The van der Waals surface area contributed by atoms with E-state index in [4.69, 9.17) is 0 Å². The molecule has 2 atom stereocenters.